The van der Waals surface area contributed by atoms with Gasteiger partial charge in [-0.15, -0.1) is 0 Å². The fourth-order valence-electron chi connectivity index (χ4n) is 4.68. The van der Waals surface area contributed by atoms with Crippen molar-refractivity contribution in [1.82, 2.24) is 20.2 Å². The number of nitrogens with one attached hydrogen (secondary N) is 2. The van der Waals surface area contributed by atoms with Gasteiger partial charge < -0.3 is 20.1 Å². The average molecular weight is 565 g/mol. The van der Waals surface area contributed by atoms with Gasteiger partial charge in [0, 0.05) is 12.6 Å². The summed E-state index contributed by atoms with van der Waals surface area (Å²) >= 11 is 0. The minimum Gasteiger partial charge on any atom is -0.473 e. The maximum Gasteiger partial charge on any atom is 0.407 e. The molecule has 41 heavy (non-hydrogen) atoms. The summed E-state index contributed by atoms with van der Waals surface area (Å²) in [5, 5.41) is 10.3. The van der Waals surface area contributed by atoms with E-state index in [1.54, 1.807) is 19.1 Å². The third kappa shape index (κ3) is 7.19. The third-order valence-corrected chi connectivity index (χ3v) is 6.73. The van der Waals surface area contributed by atoms with Crippen LogP contribution in [-0.4, -0.2) is 33.7 Å². The SMILES string of the molecule is CCCC(C)(CNC(=O)c1c(C)nn2c(OCc3c(F)cccc3F)cc(C)cc12)NC(=O)OCc1ccccc1. The Bertz CT molecular complexity index is 1520. The van der Waals surface area contributed by atoms with Gasteiger partial charge in [0.15, 0.2) is 0 Å². The molecule has 4 rings (SSSR count). The van der Waals surface area contributed by atoms with Gasteiger partial charge in [-0.25, -0.2) is 13.6 Å². The molecule has 1 atom stereocenters. The number of nitrogens with zero attached hydrogens (tertiary/aromatic N) is 2. The monoisotopic (exact) mass is 564 g/mol. The van der Waals surface area contributed by atoms with E-state index in [9.17, 15) is 18.4 Å². The molecule has 216 valence electrons. The molecule has 8 nitrogen and oxygen atoms in total. The summed E-state index contributed by atoms with van der Waals surface area (Å²) in [5.74, 6) is -1.56. The zero-order valence-corrected chi connectivity index (χ0v) is 23.6. The molecule has 0 aliphatic heterocycles. The predicted octanol–water partition coefficient (Wildman–Crippen LogP) is 6.02. The second-order valence-electron chi connectivity index (χ2n) is 10.3. The van der Waals surface area contributed by atoms with Crippen molar-refractivity contribution in [2.45, 2.75) is 59.3 Å². The molecule has 0 saturated carbocycles. The highest BCUT2D eigenvalue weighted by molar-refractivity contribution is 6.02. The Labute approximate surface area is 237 Å². The molecule has 0 spiro atoms. The summed E-state index contributed by atoms with van der Waals surface area (Å²) in [6.07, 6.45) is 0.796. The van der Waals surface area contributed by atoms with Crippen molar-refractivity contribution in [1.29, 1.82) is 0 Å². The van der Waals surface area contributed by atoms with Crippen molar-refractivity contribution in [2.75, 3.05) is 6.54 Å². The highest BCUT2D eigenvalue weighted by Gasteiger charge is 2.28. The van der Waals surface area contributed by atoms with Crippen molar-refractivity contribution >= 4 is 17.5 Å². The van der Waals surface area contributed by atoms with Crippen LogP contribution in [0.1, 0.15) is 59.4 Å². The number of halogens is 2. The number of carbonyl (C=O) groups excluding carboxylic acids is 2. The largest absolute Gasteiger partial charge is 0.473 e. The van der Waals surface area contributed by atoms with Gasteiger partial charge in [0.1, 0.15) is 24.8 Å². The molecule has 0 aliphatic rings. The lowest BCUT2D eigenvalue weighted by Gasteiger charge is -2.30. The number of rotatable bonds is 11. The maximum absolute atomic E-state index is 14.1. The quantitative estimate of drug-likeness (QED) is 0.232. The molecule has 1 unspecified atom stereocenters. The molecule has 2 aromatic carbocycles. The standard InChI is InChI=1S/C31H34F2N4O4/c1-5-14-31(4,35-30(39)41-17-22-10-7-6-8-11-22)19-34-29(38)28-21(3)36-37-26(28)15-20(2)16-27(37)40-18-23-24(32)12-9-13-25(23)33/h6-13,15-16H,5,14,17-19H2,1-4H3,(H,34,38)(H,35,39). The summed E-state index contributed by atoms with van der Waals surface area (Å²) in [7, 11) is 0. The van der Waals surface area contributed by atoms with E-state index in [4.69, 9.17) is 9.47 Å². The molecule has 2 N–H and O–H groups in total. The van der Waals surface area contributed by atoms with Gasteiger partial charge >= 0.3 is 6.09 Å². The van der Waals surface area contributed by atoms with Crippen LogP contribution in [0.3, 0.4) is 0 Å². The second-order valence-corrected chi connectivity index (χ2v) is 10.3. The molecule has 0 bridgehead atoms. The Kier molecular flexibility index (Phi) is 9.21. The molecule has 2 heterocycles. The summed E-state index contributed by atoms with van der Waals surface area (Å²) in [4.78, 5) is 26.0. The van der Waals surface area contributed by atoms with E-state index >= 15 is 0 Å². The van der Waals surface area contributed by atoms with E-state index in [1.165, 1.54) is 10.6 Å². The molecule has 2 amide bonds. The lowest BCUT2D eigenvalue weighted by molar-refractivity contribution is 0.0928. The highest BCUT2D eigenvalue weighted by atomic mass is 19.1. The molecule has 0 radical (unpaired) electrons. The predicted molar refractivity (Wildman–Crippen MR) is 151 cm³/mol. The Morgan fingerprint density at radius 1 is 1.00 bits per heavy atom. The number of fused-ring (bicyclic) bond motifs is 1. The summed E-state index contributed by atoms with van der Waals surface area (Å²) in [6, 6.07) is 16.5. The molecular weight excluding hydrogens is 530 g/mol. The van der Waals surface area contributed by atoms with Crippen LogP contribution in [0.25, 0.3) is 5.52 Å². The number of hydrogen-bond donors (Lipinski definition) is 2. The van der Waals surface area contributed by atoms with Crippen LogP contribution in [-0.2, 0) is 18.0 Å². The topological polar surface area (TPSA) is 94.0 Å². The molecule has 4 aromatic rings. The van der Waals surface area contributed by atoms with Crippen molar-refractivity contribution in [3.05, 3.63) is 100 Å². The molecule has 0 fully saturated rings. The van der Waals surface area contributed by atoms with Gasteiger partial charge in [-0.2, -0.15) is 9.61 Å². The maximum atomic E-state index is 14.1. The molecule has 2 aromatic heterocycles. The van der Waals surface area contributed by atoms with Gasteiger partial charge in [0.05, 0.1) is 27.9 Å². The van der Waals surface area contributed by atoms with Crippen molar-refractivity contribution in [3.8, 4) is 5.88 Å². The van der Waals surface area contributed by atoms with Crippen LogP contribution in [0.2, 0.25) is 0 Å². The zero-order chi connectivity index (χ0) is 29.6. The molecule has 0 aliphatic carbocycles. The van der Waals surface area contributed by atoms with Crippen molar-refractivity contribution in [2.24, 2.45) is 0 Å². The van der Waals surface area contributed by atoms with Gasteiger partial charge in [-0.3, -0.25) is 4.79 Å². The Morgan fingerprint density at radius 2 is 1.71 bits per heavy atom. The second kappa shape index (κ2) is 12.8. The van der Waals surface area contributed by atoms with E-state index in [2.05, 4.69) is 15.7 Å². The van der Waals surface area contributed by atoms with E-state index in [-0.39, 0.29) is 37.1 Å². The van der Waals surface area contributed by atoms with Crippen LogP contribution in [0.5, 0.6) is 5.88 Å². The normalized spacial score (nSPS) is 12.5. The lowest BCUT2D eigenvalue weighted by atomic mass is 9.96. The number of ether oxygens (including phenoxy) is 2. The van der Waals surface area contributed by atoms with Crippen LogP contribution in [0.15, 0.2) is 60.7 Å². The van der Waals surface area contributed by atoms with Gasteiger partial charge in [-0.05, 0) is 56.5 Å². The summed E-state index contributed by atoms with van der Waals surface area (Å²) < 4.78 is 40.9. The first-order chi connectivity index (χ1) is 19.6. The first kappa shape index (κ1) is 29.5. The lowest BCUT2D eigenvalue weighted by Crippen LogP contribution is -2.53. The summed E-state index contributed by atoms with van der Waals surface area (Å²) in [6.45, 7) is 7.30. The van der Waals surface area contributed by atoms with Crippen molar-refractivity contribution < 1.29 is 27.8 Å². The number of amides is 2. The van der Waals surface area contributed by atoms with E-state index in [0.29, 0.717) is 23.2 Å². The Hall–Kier alpha value is -4.47. The average Bonchev–Trinajstić information content (AvgIpc) is 3.26. The zero-order valence-electron chi connectivity index (χ0n) is 23.6. The van der Waals surface area contributed by atoms with Crippen LogP contribution < -0.4 is 15.4 Å². The Morgan fingerprint density at radius 3 is 2.39 bits per heavy atom. The van der Waals surface area contributed by atoms with E-state index < -0.39 is 23.3 Å². The molecule has 10 heteroatoms. The third-order valence-electron chi connectivity index (χ3n) is 6.73. The van der Waals surface area contributed by atoms with Crippen LogP contribution in [0.4, 0.5) is 13.6 Å². The van der Waals surface area contributed by atoms with Gasteiger partial charge in [-0.1, -0.05) is 49.7 Å². The minimum atomic E-state index is -0.761. The van der Waals surface area contributed by atoms with Crippen molar-refractivity contribution in [3.63, 3.8) is 0 Å². The first-order valence-corrected chi connectivity index (χ1v) is 13.4. The molecular formula is C31H34F2N4O4. The highest BCUT2D eigenvalue weighted by Crippen LogP contribution is 2.25. The molecule has 0 saturated heterocycles. The van der Waals surface area contributed by atoms with Gasteiger partial charge in [0.25, 0.3) is 5.91 Å². The number of hydrogen-bond acceptors (Lipinski definition) is 5. The summed E-state index contributed by atoms with van der Waals surface area (Å²) in [5.41, 5.74) is 1.95. The van der Waals surface area contributed by atoms with Gasteiger partial charge in [0.2, 0.25) is 5.88 Å². The van der Waals surface area contributed by atoms with E-state index in [0.717, 1.165) is 29.7 Å². The number of aryl methyl sites for hydroxylation is 2. The Balaban J connectivity index is 1.48. The number of benzene rings is 2. The smallest absolute Gasteiger partial charge is 0.407 e. The van der Waals surface area contributed by atoms with Crippen LogP contribution >= 0.6 is 0 Å². The number of alkyl carbamates (subject to hydrolysis) is 1. The number of aromatic nitrogens is 2. The van der Waals surface area contributed by atoms with Crippen LogP contribution in [0, 0.1) is 25.5 Å². The number of carbonyl (C=O) groups is 2. The first-order valence-electron chi connectivity index (χ1n) is 13.4. The fraction of sp³-hybridized carbons (Fsp3) is 0.323. The van der Waals surface area contributed by atoms with E-state index in [1.807, 2.05) is 51.1 Å². The fourth-order valence-corrected chi connectivity index (χ4v) is 4.68. The number of pyridine rings is 1. The minimum absolute atomic E-state index is 0.135.